The summed E-state index contributed by atoms with van der Waals surface area (Å²) in [7, 11) is 1.59. The van der Waals surface area contributed by atoms with Crippen LogP contribution in [0, 0.1) is 0 Å². The maximum atomic E-state index is 10.7. The van der Waals surface area contributed by atoms with E-state index in [0.29, 0.717) is 0 Å². The Balaban J connectivity index is 3.45. The molecule has 0 spiro atoms. The third-order valence-electron chi connectivity index (χ3n) is 1.07. The van der Waals surface area contributed by atoms with E-state index in [4.69, 9.17) is 11.6 Å². The first-order valence-corrected chi connectivity index (χ1v) is 3.51. The minimum absolute atomic E-state index is 0.0847. The molecule has 0 rings (SSSR count). The van der Waals surface area contributed by atoms with Gasteiger partial charge in [0, 0.05) is 7.05 Å². The maximum Gasteiger partial charge on any atom is 0.237 e. The van der Waals surface area contributed by atoms with Gasteiger partial charge < -0.3 is 5.32 Å². The topological polar surface area (TPSA) is 29.1 Å². The molecule has 1 amide bonds. The third-order valence-corrected chi connectivity index (χ3v) is 1.49. The molecule has 0 aliphatic carbocycles. The van der Waals surface area contributed by atoms with Crippen LogP contribution in [0.4, 0.5) is 0 Å². The Hall–Kier alpha value is -0.240. The lowest BCUT2D eigenvalue weighted by atomic mass is 10.2. The Morgan fingerprint density at radius 3 is 2.67 bits per heavy atom. The first kappa shape index (κ1) is 8.76. The summed E-state index contributed by atoms with van der Waals surface area (Å²) in [6.45, 7) is 2.00. The van der Waals surface area contributed by atoms with Crippen molar-refractivity contribution in [2.75, 3.05) is 7.05 Å². The van der Waals surface area contributed by atoms with Crippen LogP contribution in [0.5, 0.6) is 0 Å². The largest absolute Gasteiger partial charge is 0.358 e. The summed E-state index contributed by atoms with van der Waals surface area (Å²) >= 11 is 5.62. The number of carbonyl (C=O) groups excluding carboxylic acids is 1. The standard InChI is InChI=1S/C6H12ClNO/c1-3-4-5(7)6(9)8-2/h5H,3-4H2,1-2H3,(H,8,9). The van der Waals surface area contributed by atoms with Gasteiger partial charge in [0.1, 0.15) is 5.38 Å². The van der Waals surface area contributed by atoms with E-state index in [-0.39, 0.29) is 11.3 Å². The SMILES string of the molecule is CCCC(Cl)C(=O)NC. The molecule has 0 aromatic heterocycles. The Morgan fingerprint density at radius 1 is 1.78 bits per heavy atom. The zero-order valence-electron chi connectivity index (χ0n) is 5.78. The van der Waals surface area contributed by atoms with Crippen LogP contribution in [0.1, 0.15) is 19.8 Å². The van der Waals surface area contributed by atoms with Gasteiger partial charge in [-0.2, -0.15) is 0 Å². The van der Waals surface area contributed by atoms with E-state index >= 15 is 0 Å². The van der Waals surface area contributed by atoms with Crippen molar-refractivity contribution in [2.24, 2.45) is 0 Å². The van der Waals surface area contributed by atoms with E-state index in [1.807, 2.05) is 6.92 Å². The summed E-state index contributed by atoms with van der Waals surface area (Å²) in [5.74, 6) is -0.0847. The summed E-state index contributed by atoms with van der Waals surface area (Å²) in [5, 5.41) is 2.13. The van der Waals surface area contributed by atoms with Crippen molar-refractivity contribution in [3.63, 3.8) is 0 Å². The normalized spacial score (nSPS) is 12.8. The number of hydrogen-bond donors (Lipinski definition) is 1. The molecule has 0 bridgehead atoms. The highest BCUT2D eigenvalue weighted by atomic mass is 35.5. The number of halogens is 1. The van der Waals surface area contributed by atoms with Crippen LogP contribution >= 0.6 is 11.6 Å². The number of nitrogens with one attached hydrogen (secondary N) is 1. The molecule has 0 aromatic rings. The van der Waals surface area contributed by atoms with Crippen molar-refractivity contribution in [1.29, 1.82) is 0 Å². The van der Waals surface area contributed by atoms with Crippen LogP contribution in [-0.4, -0.2) is 18.3 Å². The van der Waals surface area contributed by atoms with E-state index in [1.54, 1.807) is 7.05 Å². The van der Waals surface area contributed by atoms with Crippen molar-refractivity contribution in [1.82, 2.24) is 5.32 Å². The average molecular weight is 150 g/mol. The van der Waals surface area contributed by atoms with Crippen LogP contribution < -0.4 is 5.32 Å². The second-order valence-corrected chi connectivity index (χ2v) is 2.40. The fourth-order valence-corrected chi connectivity index (χ4v) is 0.868. The van der Waals surface area contributed by atoms with Gasteiger partial charge >= 0.3 is 0 Å². The fourth-order valence-electron chi connectivity index (χ4n) is 0.541. The first-order valence-electron chi connectivity index (χ1n) is 3.08. The molecule has 1 N–H and O–H groups in total. The molecule has 1 atom stereocenters. The van der Waals surface area contributed by atoms with Gasteiger partial charge in [-0.25, -0.2) is 0 Å². The lowest BCUT2D eigenvalue weighted by Crippen LogP contribution is -2.27. The number of alkyl halides is 1. The van der Waals surface area contributed by atoms with Gasteiger partial charge in [0.05, 0.1) is 0 Å². The molecular formula is C6H12ClNO. The van der Waals surface area contributed by atoms with Gasteiger partial charge in [0.15, 0.2) is 0 Å². The Kier molecular flexibility index (Phi) is 4.50. The average Bonchev–Trinajstić information content (AvgIpc) is 1.87. The molecule has 9 heavy (non-hydrogen) atoms. The zero-order valence-corrected chi connectivity index (χ0v) is 6.53. The van der Waals surface area contributed by atoms with Gasteiger partial charge in [0.2, 0.25) is 5.91 Å². The highest BCUT2D eigenvalue weighted by Crippen LogP contribution is 2.03. The zero-order chi connectivity index (χ0) is 7.28. The van der Waals surface area contributed by atoms with E-state index < -0.39 is 0 Å². The molecule has 0 aromatic carbocycles. The molecule has 54 valence electrons. The lowest BCUT2D eigenvalue weighted by Gasteiger charge is -2.03. The molecule has 1 unspecified atom stereocenters. The number of amides is 1. The van der Waals surface area contributed by atoms with Gasteiger partial charge in [-0.3, -0.25) is 4.79 Å². The molecule has 0 aliphatic heterocycles. The highest BCUT2D eigenvalue weighted by molar-refractivity contribution is 6.30. The van der Waals surface area contributed by atoms with Crippen molar-refractivity contribution in [3.05, 3.63) is 0 Å². The van der Waals surface area contributed by atoms with Gasteiger partial charge in [-0.05, 0) is 6.42 Å². The second-order valence-electron chi connectivity index (χ2n) is 1.87. The number of hydrogen-bond acceptors (Lipinski definition) is 1. The summed E-state index contributed by atoms with van der Waals surface area (Å²) < 4.78 is 0. The van der Waals surface area contributed by atoms with E-state index in [9.17, 15) is 4.79 Å². The molecular weight excluding hydrogens is 138 g/mol. The van der Waals surface area contributed by atoms with E-state index in [0.717, 1.165) is 12.8 Å². The minimum Gasteiger partial charge on any atom is -0.358 e. The van der Waals surface area contributed by atoms with Crippen molar-refractivity contribution in [3.8, 4) is 0 Å². The predicted molar refractivity (Wildman–Crippen MR) is 38.6 cm³/mol. The molecule has 0 saturated carbocycles. The number of carbonyl (C=O) groups is 1. The Bertz CT molecular complexity index is 95.1. The van der Waals surface area contributed by atoms with Crippen molar-refractivity contribution < 1.29 is 4.79 Å². The monoisotopic (exact) mass is 149 g/mol. The van der Waals surface area contributed by atoms with Crippen LogP contribution in [0.25, 0.3) is 0 Å². The predicted octanol–water partition coefficient (Wildman–Crippen LogP) is 1.14. The van der Waals surface area contributed by atoms with Crippen LogP contribution in [0.15, 0.2) is 0 Å². The summed E-state index contributed by atoms with van der Waals surface area (Å²) in [4.78, 5) is 10.7. The molecule has 0 saturated heterocycles. The van der Waals surface area contributed by atoms with Crippen LogP contribution in [0.2, 0.25) is 0 Å². The van der Waals surface area contributed by atoms with Crippen molar-refractivity contribution >= 4 is 17.5 Å². The van der Waals surface area contributed by atoms with Crippen molar-refractivity contribution in [2.45, 2.75) is 25.1 Å². The van der Waals surface area contributed by atoms with Gasteiger partial charge in [0.25, 0.3) is 0 Å². The quantitative estimate of drug-likeness (QED) is 0.600. The van der Waals surface area contributed by atoms with Gasteiger partial charge in [-0.1, -0.05) is 13.3 Å². The maximum absolute atomic E-state index is 10.7. The second kappa shape index (κ2) is 4.62. The molecule has 0 fully saturated rings. The Morgan fingerprint density at radius 2 is 2.33 bits per heavy atom. The summed E-state index contributed by atoms with van der Waals surface area (Å²) in [6.07, 6.45) is 1.70. The van der Waals surface area contributed by atoms with Crippen LogP contribution in [0.3, 0.4) is 0 Å². The molecule has 0 aliphatic rings. The fraction of sp³-hybridized carbons (Fsp3) is 0.833. The molecule has 3 heteroatoms. The molecule has 0 heterocycles. The number of rotatable bonds is 3. The Labute approximate surface area is 60.6 Å². The first-order chi connectivity index (χ1) is 4.22. The third kappa shape index (κ3) is 3.36. The highest BCUT2D eigenvalue weighted by Gasteiger charge is 2.10. The lowest BCUT2D eigenvalue weighted by molar-refractivity contribution is -0.120. The van der Waals surface area contributed by atoms with Crippen LogP contribution in [-0.2, 0) is 4.79 Å². The smallest absolute Gasteiger partial charge is 0.237 e. The summed E-state index contributed by atoms with van der Waals surface area (Å²) in [5.41, 5.74) is 0. The van der Waals surface area contributed by atoms with E-state index in [1.165, 1.54) is 0 Å². The molecule has 2 nitrogen and oxygen atoms in total. The minimum atomic E-state index is -0.347. The summed E-state index contributed by atoms with van der Waals surface area (Å²) in [6, 6.07) is 0. The van der Waals surface area contributed by atoms with E-state index in [2.05, 4.69) is 5.32 Å². The molecule has 0 radical (unpaired) electrons. The van der Waals surface area contributed by atoms with Gasteiger partial charge in [-0.15, -0.1) is 11.6 Å².